The van der Waals surface area contributed by atoms with E-state index in [2.05, 4.69) is 5.32 Å². The molecule has 2 rings (SSSR count). The minimum atomic E-state index is -0.351. The van der Waals surface area contributed by atoms with Crippen LogP contribution in [0.4, 0.5) is 4.39 Å². The summed E-state index contributed by atoms with van der Waals surface area (Å²) in [5, 5.41) is 3.09. The topological polar surface area (TPSA) is 21.3 Å². The Morgan fingerprint density at radius 1 is 1.11 bits per heavy atom. The maximum atomic E-state index is 13.5. The largest absolute Gasteiger partial charge is 0.454 e. The predicted molar refractivity (Wildman–Crippen MR) is 70.4 cm³/mol. The van der Waals surface area contributed by atoms with Gasteiger partial charge in [-0.1, -0.05) is 24.3 Å². The molecule has 2 aromatic rings. The smallest absolute Gasteiger partial charge is 0.165 e. The van der Waals surface area contributed by atoms with Crippen LogP contribution in [0.2, 0.25) is 0 Å². The fourth-order valence-corrected chi connectivity index (χ4v) is 1.79. The van der Waals surface area contributed by atoms with Gasteiger partial charge in [0.1, 0.15) is 5.75 Å². The number of hydrogen-bond donors (Lipinski definition) is 1. The first-order valence-electron chi connectivity index (χ1n) is 5.87. The summed E-state index contributed by atoms with van der Waals surface area (Å²) in [5.41, 5.74) is 2.17. The third-order valence-corrected chi connectivity index (χ3v) is 2.68. The van der Waals surface area contributed by atoms with Gasteiger partial charge in [-0.15, -0.1) is 0 Å². The first-order valence-corrected chi connectivity index (χ1v) is 5.87. The monoisotopic (exact) mass is 245 g/mol. The Balaban J connectivity index is 2.22. The van der Waals surface area contributed by atoms with Crippen LogP contribution >= 0.6 is 0 Å². The van der Waals surface area contributed by atoms with Gasteiger partial charge in [-0.3, -0.25) is 0 Å². The molecule has 0 bridgehead atoms. The van der Waals surface area contributed by atoms with E-state index in [1.54, 1.807) is 18.2 Å². The second-order valence-electron chi connectivity index (χ2n) is 4.16. The molecule has 0 fully saturated rings. The summed E-state index contributed by atoms with van der Waals surface area (Å²) in [5.74, 6) is 0.582. The Morgan fingerprint density at radius 3 is 2.56 bits per heavy atom. The molecule has 0 saturated carbocycles. The van der Waals surface area contributed by atoms with E-state index in [1.165, 1.54) is 11.6 Å². The second-order valence-corrected chi connectivity index (χ2v) is 4.16. The summed E-state index contributed by atoms with van der Waals surface area (Å²) in [4.78, 5) is 0. The normalized spacial score (nSPS) is 10.4. The Hall–Kier alpha value is -1.87. The minimum absolute atomic E-state index is 0.252. The quantitative estimate of drug-likeness (QED) is 0.887. The second kappa shape index (κ2) is 5.65. The lowest BCUT2D eigenvalue weighted by Crippen LogP contribution is -2.05. The van der Waals surface area contributed by atoms with Crippen molar-refractivity contribution in [2.45, 2.75) is 13.5 Å². The maximum absolute atomic E-state index is 13.5. The van der Waals surface area contributed by atoms with E-state index >= 15 is 0 Å². The fourth-order valence-electron chi connectivity index (χ4n) is 1.79. The average molecular weight is 245 g/mol. The average Bonchev–Trinajstić information content (AvgIpc) is 2.35. The summed E-state index contributed by atoms with van der Waals surface area (Å²) in [6.45, 7) is 2.76. The molecule has 0 aliphatic heterocycles. The molecular formula is C15H16FNO. The molecule has 18 heavy (non-hydrogen) atoms. The Kier molecular flexibility index (Phi) is 3.95. The van der Waals surface area contributed by atoms with Gasteiger partial charge in [-0.2, -0.15) is 0 Å². The van der Waals surface area contributed by atoms with Crippen molar-refractivity contribution in [3.63, 3.8) is 0 Å². The van der Waals surface area contributed by atoms with Crippen molar-refractivity contribution in [1.29, 1.82) is 0 Å². The lowest BCUT2D eigenvalue weighted by Gasteiger charge is -2.10. The zero-order valence-electron chi connectivity index (χ0n) is 10.5. The highest BCUT2D eigenvalue weighted by Gasteiger charge is 2.06. The summed E-state index contributed by atoms with van der Waals surface area (Å²) in [6, 6.07) is 12.3. The van der Waals surface area contributed by atoms with E-state index in [-0.39, 0.29) is 11.6 Å². The number of para-hydroxylation sites is 1. The molecule has 0 spiro atoms. The van der Waals surface area contributed by atoms with Gasteiger partial charge in [-0.05, 0) is 43.3 Å². The molecule has 3 heteroatoms. The van der Waals surface area contributed by atoms with E-state index < -0.39 is 0 Å². The summed E-state index contributed by atoms with van der Waals surface area (Å²) < 4.78 is 19.0. The maximum Gasteiger partial charge on any atom is 0.165 e. The highest BCUT2D eigenvalue weighted by Crippen LogP contribution is 2.27. The van der Waals surface area contributed by atoms with Gasteiger partial charge in [-0.25, -0.2) is 4.39 Å². The molecule has 0 heterocycles. The molecule has 2 nitrogen and oxygen atoms in total. The molecule has 0 aliphatic carbocycles. The molecule has 94 valence electrons. The molecule has 0 saturated heterocycles. The van der Waals surface area contributed by atoms with Gasteiger partial charge < -0.3 is 10.1 Å². The van der Waals surface area contributed by atoms with Gasteiger partial charge in [0.25, 0.3) is 0 Å². The summed E-state index contributed by atoms with van der Waals surface area (Å²) >= 11 is 0. The van der Waals surface area contributed by atoms with E-state index in [9.17, 15) is 4.39 Å². The minimum Gasteiger partial charge on any atom is -0.454 e. The number of nitrogens with one attached hydrogen (secondary N) is 1. The number of halogens is 1. The highest BCUT2D eigenvalue weighted by atomic mass is 19.1. The highest BCUT2D eigenvalue weighted by molar-refractivity contribution is 5.40. The molecule has 0 aliphatic rings. The molecule has 0 unspecified atom stereocenters. The SMILES string of the molecule is CNCc1ccc(Oc2ccccc2F)c(C)c1. The van der Waals surface area contributed by atoms with Crippen LogP contribution < -0.4 is 10.1 Å². The van der Waals surface area contributed by atoms with Crippen molar-refractivity contribution >= 4 is 0 Å². The lowest BCUT2D eigenvalue weighted by atomic mass is 10.1. The van der Waals surface area contributed by atoms with Gasteiger partial charge >= 0.3 is 0 Å². The van der Waals surface area contributed by atoms with Gasteiger partial charge in [0.15, 0.2) is 11.6 Å². The van der Waals surface area contributed by atoms with E-state index in [4.69, 9.17) is 4.74 Å². The molecular weight excluding hydrogens is 229 g/mol. The molecule has 1 N–H and O–H groups in total. The standard InChI is InChI=1S/C15H16FNO/c1-11-9-12(10-17-2)7-8-14(11)18-15-6-4-3-5-13(15)16/h3-9,17H,10H2,1-2H3. The Morgan fingerprint density at radius 2 is 1.89 bits per heavy atom. The van der Waals surface area contributed by atoms with Gasteiger partial charge in [0.2, 0.25) is 0 Å². The van der Waals surface area contributed by atoms with Crippen LogP contribution in [-0.2, 0) is 6.54 Å². The van der Waals surface area contributed by atoms with Crippen molar-refractivity contribution in [2.75, 3.05) is 7.05 Å². The number of benzene rings is 2. The predicted octanol–water partition coefficient (Wildman–Crippen LogP) is 3.65. The zero-order valence-corrected chi connectivity index (χ0v) is 10.5. The first kappa shape index (κ1) is 12.6. The van der Waals surface area contributed by atoms with Crippen molar-refractivity contribution in [3.05, 3.63) is 59.4 Å². The third-order valence-electron chi connectivity index (χ3n) is 2.68. The lowest BCUT2D eigenvalue weighted by molar-refractivity contribution is 0.439. The van der Waals surface area contributed by atoms with Crippen molar-refractivity contribution in [1.82, 2.24) is 5.32 Å². The number of hydrogen-bond acceptors (Lipinski definition) is 2. The number of rotatable bonds is 4. The molecule has 0 radical (unpaired) electrons. The van der Waals surface area contributed by atoms with E-state index in [0.29, 0.717) is 5.75 Å². The Bertz CT molecular complexity index is 540. The van der Waals surface area contributed by atoms with E-state index in [1.807, 2.05) is 32.2 Å². The fraction of sp³-hybridized carbons (Fsp3) is 0.200. The molecule has 0 amide bonds. The van der Waals surface area contributed by atoms with Crippen LogP contribution in [0.15, 0.2) is 42.5 Å². The Labute approximate surface area is 106 Å². The third kappa shape index (κ3) is 2.87. The van der Waals surface area contributed by atoms with Crippen LogP contribution in [0.1, 0.15) is 11.1 Å². The first-order chi connectivity index (χ1) is 8.70. The van der Waals surface area contributed by atoms with E-state index in [0.717, 1.165) is 12.1 Å². The van der Waals surface area contributed by atoms with Crippen molar-refractivity contribution in [2.24, 2.45) is 0 Å². The molecule has 0 atom stereocenters. The molecule has 2 aromatic carbocycles. The number of aryl methyl sites for hydroxylation is 1. The van der Waals surface area contributed by atoms with Gasteiger partial charge in [0.05, 0.1) is 0 Å². The number of ether oxygens (including phenoxy) is 1. The van der Waals surface area contributed by atoms with Crippen LogP contribution in [0, 0.1) is 12.7 Å². The zero-order chi connectivity index (χ0) is 13.0. The van der Waals surface area contributed by atoms with Crippen LogP contribution in [-0.4, -0.2) is 7.05 Å². The van der Waals surface area contributed by atoms with Crippen LogP contribution in [0.25, 0.3) is 0 Å². The van der Waals surface area contributed by atoms with Crippen LogP contribution in [0.5, 0.6) is 11.5 Å². The van der Waals surface area contributed by atoms with Crippen molar-refractivity contribution in [3.8, 4) is 11.5 Å². The van der Waals surface area contributed by atoms with Crippen LogP contribution in [0.3, 0.4) is 0 Å². The summed E-state index contributed by atoms with van der Waals surface area (Å²) in [7, 11) is 1.90. The van der Waals surface area contributed by atoms with Crippen molar-refractivity contribution < 1.29 is 9.13 Å². The summed E-state index contributed by atoms with van der Waals surface area (Å²) in [6.07, 6.45) is 0. The molecule has 0 aromatic heterocycles. The van der Waals surface area contributed by atoms with Gasteiger partial charge in [0, 0.05) is 6.54 Å².